The first-order chi connectivity index (χ1) is 25.6. The molecular formula is C46H64ClNO7. The number of carboxylic acids is 1. The first-order valence-corrected chi connectivity index (χ1v) is 21.3. The van der Waals surface area contributed by atoms with E-state index in [0.29, 0.717) is 36.4 Å². The second-order valence-electron chi connectivity index (χ2n) is 20.8. The van der Waals surface area contributed by atoms with Crippen LogP contribution in [0.5, 0.6) is 0 Å². The van der Waals surface area contributed by atoms with Crippen molar-refractivity contribution < 1.29 is 33.8 Å². The van der Waals surface area contributed by atoms with Gasteiger partial charge in [0.1, 0.15) is 12.2 Å². The van der Waals surface area contributed by atoms with Gasteiger partial charge >= 0.3 is 17.9 Å². The fourth-order valence-electron chi connectivity index (χ4n) is 13.9. The molecule has 4 saturated carbocycles. The molecule has 1 N–H and O–H groups in total. The van der Waals surface area contributed by atoms with Crippen LogP contribution in [0.1, 0.15) is 132 Å². The first kappa shape index (κ1) is 40.5. The number of benzene rings is 1. The summed E-state index contributed by atoms with van der Waals surface area (Å²) in [6.45, 7) is 21.1. The molecule has 1 unspecified atom stereocenters. The van der Waals surface area contributed by atoms with E-state index in [4.69, 9.17) is 21.1 Å². The summed E-state index contributed by atoms with van der Waals surface area (Å²) >= 11 is 6.18. The molecule has 1 aliphatic heterocycles. The number of esters is 2. The quantitative estimate of drug-likeness (QED) is 0.260. The van der Waals surface area contributed by atoms with Gasteiger partial charge in [-0.15, -0.1) is 0 Å². The fraction of sp³-hybridized carbons (Fsp3) is 0.739. The Kier molecular flexibility index (Phi) is 10.1. The van der Waals surface area contributed by atoms with Crippen molar-refractivity contribution in [3.8, 4) is 0 Å². The van der Waals surface area contributed by atoms with Gasteiger partial charge in [-0.05, 0) is 134 Å². The molecular weight excluding hydrogens is 714 g/mol. The van der Waals surface area contributed by atoms with E-state index in [1.165, 1.54) is 5.57 Å². The highest BCUT2D eigenvalue weighted by Crippen LogP contribution is 2.77. The van der Waals surface area contributed by atoms with Crippen LogP contribution in [0.25, 0.3) is 0 Å². The Morgan fingerprint density at radius 2 is 1.64 bits per heavy atom. The summed E-state index contributed by atoms with van der Waals surface area (Å²) in [5.74, 6) is -0.244. The zero-order chi connectivity index (χ0) is 40.1. The van der Waals surface area contributed by atoms with Crippen LogP contribution in [-0.2, 0) is 35.2 Å². The number of cyclic esters (lactones) is 1. The number of ketones is 1. The predicted octanol–water partition coefficient (Wildman–Crippen LogP) is 9.46. The van der Waals surface area contributed by atoms with Crippen LogP contribution in [0.4, 0.5) is 0 Å². The van der Waals surface area contributed by atoms with Crippen LogP contribution in [-0.4, -0.2) is 59.0 Å². The Morgan fingerprint density at radius 3 is 2.29 bits per heavy atom. The summed E-state index contributed by atoms with van der Waals surface area (Å²) in [6, 6.07) is 7.81. The maximum Gasteiger partial charge on any atom is 0.320 e. The zero-order valence-electron chi connectivity index (χ0n) is 34.7. The summed E-state index contributed by atoms with van der Waals surface area (Å²) < 4.78 is 12.6. The van der Waals surface area contributed by atoms with Gasteiger partial charge in [0.05, 0.1) is 18.4 Å². The van der Waals surface area contributed by atoms with Crippen LogP contribution in [0.2, 0.25) is 5.02 Å². The molecule has 302 valence electrons. The van der Waals surface area contributed by atoms with Crippen molar-refractivity contribution >= 4 is 35.3 Å². The maximum absolute atomic E-state index is 14.3. The number of nitrogens with zero attached hydrogens (tertiary/aromatic N) is 1. The Morgan fingerprint density at radius 1 is 0.945 bits per heavy atom. The van der Waals surface area contributed by atoms with E-state index in [0.717, 1.165) is 62.5 Å². The van der Waals surface area contributed by atoms with Crippen molar-refractivity contribution in [2.24, 2.45) is 56.2 Å². The highest BCUT2D eigenvalue weighted by molar-refractivity contribution is 6.30. The minimum absolute atomic E-state index is 0.0308. The molecule has 5 fully saturated rings. The van der Waals surface area contributed by atoms with Gasteiger partial charge in [-0.3, -0.25) is 24.1 Å². The number of aliphatic carboxylic acids is 1. The van der Waals surface area contributed by atoms with Crippen molar-refractivity contribution in [3.63, 3.8) is 0 Å². The van der Waals surface area contributed by atoms with E-state index in [1.54, 1.807) is 13.8 Å². The lowest BCUT2D eigenvalue weighted by molar-refractivity contribution is -0.236. The van der Waals surface area contributed by atoms with Crippen LogP contribution in [0.3, 0.4) is 0 Å². The number of halogens is 1. The van der Waals surface area contributed by atoms with E-state index >= 15 is 0 Å². The van der Waals surface area contributed by atoms with Crippen molar-refractivity contribution in [3.05, 3.63) is 46.0 Å². The van der Waals surface area contributed by atoms with Crippen LogP contribution < -0.4 is 0 Å². The highest BCUT2D eigenvalue weighted by atomic mass is 35.5. The maximum atomic E-state index is 14.3. The molecule has 0 radical (unpaired) electrons. The van der Waals surface area contributed by atoms with Gasteiger partial charge in [-0.25, -0.2) is 0 Å². The second kappa shape index (κ2) is 13.7. The molecule has 1 heterocycles. The molecule has 0 amide bonds. The molecule has 1 aromatic carbocycles. The number of fused-ring (bicyclic) bond motifs is 7. The number of rotatable bonds is 8. The van der Waals surface area contributed by atoms with E-state index in [2.05, 4.69) is 53.4 Å². The number of allylic oxidation sites excluding steroid dienone is 1. The summed E-state index contributed by atoms with van der Waals surface area (Å²) in [6.07, 6.45) is 7.40. The van der Waals surface area contributed by atoms with Crippen LogP contribution >= 0.6 is 11.6 Å². The van der Waals surface area contributed by atoms with E-state index in [-0.39, 0.29) is 70.4 Å². The van der Waals surface area contributed by atoms with Gasteiger partial charge in [0.15, 0.2) is 5.78 Å². The summed E-state index contributed by atoms with van der Waals surface area (Å²) in [5, 5.41) is 10.3. The zero-order valence-corrected chi connectivity index (χ0v) is 35.4. The van der Waals surface area contributed by atoms with E-state index < -0.39 is 22.8 Å². The Hall–Kier alpha value is -2.71. The number of hydrogen-bond acceptors (Lipinski definition) is 7. The van der Waals surface area contributed by atoms with Crippen LogP contribution in [0, 0.1) is 56.2 Å². The Labute approximate surface area is 333 Å². The number of hydrogen-bond donors (Lipinski definition) is 1. The molecule has 7 rings (SSSR count). The van der Waals surface area contributed by atoms with Gasteiger partial charge < -0.3 is 14.6 Å². The lowest BCUT2D eigenvalue weighted by Gasteiger charge is -2.72. The molecule has 9 heteroatoms. The van der Waals surface area contributed by atoms with E-state index in [9.17, 15) is 24.3 Å². The SMILES string of the molecule is CC(C)C1=C2[C@H]3CC[C@@H]4[C@@]5(C)CC[C@H](OC(=O)CC(C)(C)C(=O)O)C(C)(C)[C@@H]5CC[C@@]4(C)[C@]3(C)CC[C@@]2(C2CN(Cc3ccc(Cl)cc3)CC(=O)O2)CC1=O. The van der Waals surface area contributed by atoms with Gasteiger partial charge in [-0.1, -0.05) is 72.2 Å². The molecule has 55 heavy (non-hydrogen) atoms. The molecule has 1 saturated heterocycles. The fourth-order valence-corrected chi connectivity index (χ4v) is 14.0. The second-order valence-corrected chi connectivity index (χ2v) is 21.3. The third-order valence-corrected chi connectivity index (χ3v) is 17.1. The molecule has 0 spiro atoms. The smallest absolute Gasteiger partial charge is 0.320 e. The summed E-state index contributed by atoms with van der Waals surface area (Å²) in [5.41, 5.74) is 1.53. The number of carboxylic acid groups (broad SMARTS) is 1. The molecule has 0 aromatic heterocycles. The van der Waals surface area contributed by atoms with Crippen LogP contribution in [0.15, 0.2) is 35.4 Å². The van der Waals surface area contributed by atoms with Gasteiger partial charge in [-0.2, -0.15) is 0 Å². The number of morpholine rings is 1. The lowest BCUT2D eigenvalue weighted by atomic mass is 9.33. The van der Waals surface area contributed by atoms with Crippen molar-refractivity contribution in [2.45, 2.75) is 145 Å². The third kappa shape index (κ3) is 6.33. The average Bonchev–Trinajstić information content (AvgIpc) is 3.40. The van der Waals surface area contributed by atoms with Crippen molar-refractivity contribution in [2.75, 3.05) is 13.1 Å². The predicted molar refractivity (Wildman–Crippen MR) is 212 cm³/mol. The highest BCUT2D eigenvalue weighted by Gasteiger charge is 2.71. The Balaban J connectivity index is 1.18. The minimum Gasteiger partial charge on any atom is -0.481 e. The van der Waals surface area contributed by atoms with Gasteiger partial charge in [0.25, 0.3) is 0 Å². The largest absolute Gasteiger partial charge is 0.481 e. The molecule has 8 nitrogen and oxygen atoms in total. The number of ether oxygens (including phenoxy) is 2. The molecule has 6 aliphatic rings. The average molecular weight is 778 g/mol. The van der Waals surface area contributed by atoms with E-state index in [1.807, 2.05) is 24.3 Å². The molecule has 5 aliphatic carbocycles. The number of carbonyl (C=O) groups excluding carboxylic acids is 3. The monoisotopic (exact) mass is 777 g/mol. The minimum atomic E-state index is -1.17. The van der Waals surface area contributed by atoms with Crippen molar-refractivity contribution in [1.29, 1.82) is 0 Å². The summed E-state index contributed by atoms with van der Waals surface area (Å²) in [7, 11) is 0. The van der Waals surface area contributed by atoms with Gasteiger partial charge in [0.2, 0.25) is 0 Å². The molecule has 9 atom stereocenters. The standard InChI is InChI=1S/C46H64ClNO7/c1-27(2)38-31(49)22-46(35-25-48(26-37(51)55-35)24-28-10-12-29(47)13-11-28)21-20-44(8)30(39(38)46)14-15-33-43(7)18-17-34(54-36(50)23-41(3,4)40(52)53)42(5,6)32(43)16-19-45(33,44)9/h10-13,27,30,32-35H,14-26H2,1-9H3,(H,52,53)/t30-,32+,33-,34+,35?,43+,44-,45-,46+/m1/s1. The first-order valence-electron chi connectivity index (χ1n) is 21.0. The van der Waals surface area contributed by atoms with Gasteiger partial charge in [0, 0.05) is 35.4 Å². The normalized spacial score (nSPS) is 38.8. The topological polar surface area (TPSA) is 110 Å². The lowest BCUT2D eigenvalue weighted by Crippen LogP contribution is -2.66. The van der Waals surface area contributed by atoms with Crippen molar-refractivity contribution in [1.82, 2.24) is 4.90 Å². The molecule has 1 aromatic rings. The number of Topliss-reactive ketones (excluding diaryl/α,β-unsaturated/α-hetero) is 1. The third-order valence-electron chi connectivity index (χ3n) is 16.8. The summed E-state index contributed by atoms with van der Waals surface area (Å²) in [4.78, 5) is 54.8. The Bertz CT molecular complexity index is 1780. The molecule has 0 bridgehead atoms. The number of carbonyl (C=O) groups is 4.